The zero-order chi connectivity index (χ0) is 9.42. The van der Waals surface area contributed by atoms with Crippen molar-refractivity contribution < 1.29 is 0 Å². The Hall–Kier alpha value is -0.700. The number of rotatable bonds is 1. The van der Waals surface area contributed by atoms with Crippen molar-refractivity contribution in [3.63, 3.8) is 0 Å². The maximum Gasteiger partial charge on any atom is 0.0475 e. The van der Waals surface area contributed by atoms with E-state index in [9.17, 15) is 0 Å². The first kappa shape index (κ1) is 8.88. The van der Waals surface area contributed by atoms with Crippen LogP contribution >= 0.6 is 0 Å². The second-order valence-electron chi connectivity index (χ2n) is 4.42. The van der Waals surface area contributed by atoms with E-state index in [1.54, 1.807) is 5.01 Å². The SMILES string of the molecule is CN(N)/C1=C(\N)CCC2CC2CC1. The zero-order valence-corrected chi connectivity index (χ0v) is 8.29. The number of nitrogens with two attached hydrogens (primary N) is 2. The summed E-state index contributed by atoms with van der Waals surface area (Å²) in [4.78, 5) is 0. The summed E-state index contributed by atoms with van der Waals surface area (Å²) < 4.78 is 0. The number of nitrogens with zero attached hydrogens (tertiary/aromatic N) is 1. The molecule has 13 heavy (non-hydrogen) atoms. The molecule has 0 amide bonds. The van der Waals surface area contributed by atoms with Crippen LogP contribution in [-0.4, -0.2) is 12.1 Å². The van der Waals surface area contributed by atoms with E-state index >= 15 is 0 Å². The highest BCUT2D eigenvalue weighted by Crippen LogP contribution is 2.47. The lowest BCUT2D eigenvalue weighted by molar-refractivity contribution is 0.394. The fourth-order valence-electron chi connectivity index (χ4n) is 2.39. The van der Waals surface area contributed by atoms with E-state index in [1.807, 2.05) is 7.05 Å². The van der Waals surface area contributed by atoms with Crippen LogP contribution in [0.2, 0.25) is 0 Å². The third-order valence-corrected chi connectivity index (χ3v) is 3.40. The van der Waals surface area contributed by atoms with Gasteiger partial charge in [0.15, 0.2) is 0 Å². The summed E-state index contributed by atoms with van der Waals surface area (Å²) in [5.41, 5.74) is 8.16. The van der Waals surface area contributed by atoms with Crippen molar-refractivity contribution in [3.8, 4) is 0 Å². The molecule has 1 fully saturated rings. The molecule has 74 valence electrons. The summed E-state index contributed by atoms with van der Waals surface area (Å²) in [5, 5.41) is 1.69. The maximum atomic E-state index is 5.99. The van der Waals surface area contributed by atoms with E-state index in [1.165, 1.54) is 19.3 Å². The molecule has 3 heteroatoms. The van der Waals surface area contributed by atoms with Gasteiger partial charge in [-0.05, 0) is 43.9 Å². The Morgan fingerprint density at radius 3 is 2.46 bits per heavy atom. The normalized spacial score (nSPS) is 38.9. The topological polar surface area (TPSA) is 55.3 Å². The number of hydrogen-bond acceptors (Lipinski definition) is 3. The third kappa shape index (κ3) is 1.80. The van der Waals surface area contributed by atoms with E-state index in [-0.39, 0.29) is 0 Å². The van der Waals surface area contributed by atoms with Crippen molar-refractivity contribution in [3.05, 3.63) is 11.4 Å². The summed E-state index contributed by atoms with van der Waals surface area (Å²) in [6.07, 6.45) is 6.09. The lowest BCUT2D eigenvalue weighted by atomic mass is 10.0. The number of allylic oxidation sites excluding steroid dienone is 2. The lowest BCUT2D eigenvalue weighted by Crippen LogP contribution is -2.28. The summed E-state index contributed by atoms with van der Waals surface area (Å²) in [6.45, 7) is 0. The van der Waals surface area contributed by atoms with Crippen LogP contribution in [-0.2, 0) is 0 Å². The van der Waals surface area contributed by atoms with Gasteiger partial charge in [0.1, 0.15) is 0 Å². The minimum absolute atomic E-state index is 0.975. The average Bonchev–Trinajstić information content (AvgIpc) is 2.76. The van der Waals surface area contributed by atoms with Crippen LogP contribution in [0, 0.1) is 11.8 Å². The van der Waals surface area contributed by atoms with Crippen LogP contribution in [0.1, 0.15) is 32.1 Å². The predicted molar refractivity (Wildman–Crippen MR) is 53.2 cm³/mol. The standard InChI is InChI=1S/C10H19N3/c1-13(12)10-5-3-8-6-7(8)2-4-9(10)11/h7-8H,2-6,11-12H2,1H3/b10-9-. The number of hydrogen-bond donors (Lipinski definition) is 2. The van der Waals surface area contributed by atoms with Crippen LogP contribution in [0.25, 0.3) is 0 Å². The predicted octanol–water partition coefficient (Wildman–Crippen LogP) is 1.17. The highest BCUT2D eigenvalue weighted by atomic mass is 15.4. The number of hydrazine groups is 1. The highest BCUT2D eigenvalue weighted by Gasteiger charge is 2.37. The van der Waals surface area contributed by atoms with Gasteiger partial charge in [0.2, 0.25) is 0 Å². The fourth-order valence-corrected chi connectivity index (χ4v) is 2.39. The summed E-state index contributed by atoms with van der Waals surface area (Å²) in [5.74, 6) is 7.68. The lowest BCUT2D eigenvalue weighted by Gasteiger charge is -2.21. The van der Waals surface area contributed by atoms with Gasteiger partial charge in [0.25, 0.3) is 0 Å². The minimum Gasteiger partial charge on any atom is -0.401 e. The van der Waals surface area contributed by atoms with Crippen LogP contribution in [0.3, 0.4) is 0 Å². The summed E-state index contributed by atoms with van der Waals surface area (Å²) in [7, 11) is 1.88. The van der Waals surface area contributed by atoms with Gasteiger partial charge in [-0.1, -0.05) is 0 Å². The molecule has 2 aliphatic carbocycles. The molecule has 0 saturated heterocycles. The molecule has 0 aromatic heterocycles. The van der Waals surface area contributed by atoms with E-state index in [4.69, 9.17) is 11.6 Å². The molecule has 1 saturated carbocycles. The van der Waals surface area contributed by atoms with Crippen molar-refractivity contribution in [1.82, 2.24) is 5.01 Å². The first-order valence-electron chi connectivity index (χ1n) is 5.14. The molecule has 2 atom stereocenters. The molecule has 4 N–H and O–H groups in total. The molecule has 0 bridgehead atoms. The third-order valence-electron chi connectivity index (χ3n) is 3.40. The Kier molecular flexibility index (Phi) is 2.20. The molecule has 0 heterocycles. The molecule has 0 radical (unpaired) electrons. The van der Waals surface area contributed by atoms with Crippen molar-refractivity contribution in [2.45, 2.75) is 32.1 Å². The molecule has 2 rings (SSSR count). The molecule has 2 unspecified atom stereocenters. The van der Waals surface area contributed by atoms with Crippen molar-refractivity contribution in [2.75, 3.05) is 7.05 Å². The Morgan fingerprint density at radius 2 is 1.85 bits per heavy atom. The van der Waals surface area contributed by atoms with Gasteiger partial charge in [-0.15, -0.1) is 0 Å². The quantitative estimate of drug-likeness (QED) is 0.471. The van der Waals surface area contributed by atoms with E-state index in [0.29, 0.717) is 0 Å². The van der Waals surface area contributed by atoms with Crippen molar-refractivity contribution in [1.29, 1.82) is 0 Å². The van der Waals surface area contributed by atoms with Crippen LogP contribution in [0.5, 0.6) is 0 Å². The largest absolute Gasteiger partial charge is 0.401 e. The van der Waals surface area contributed by atoms with E-state index < -0.39 is 0 Å². The Morgan fingerprint density at radius 1 is 1.23 bits per heavy atom. The molecule has 3 nitrogen and oxygen atoms in total. The van der Waals surface area contributed by atoms with Crippen LogP contribution in [0.4, 0.5) is 0 Å². The Balaban J connectivity index is 2.07. The molecule has 2 aliphatic rings. The highest BCUT2D eigenvalue weighted by molar-refractivity contribution is 5.12. The summed E-state index contributed by atoms with van der Waals surface area (Å²) in [6, 6.07) is 0. The Labute approximate surface area is 79.7 Å². The Bertz CT molecular complexity index is 232. The molecular formula is C10H19N3. The van der Waals surface area contributed by atoms with Gasteiger partial charge < -0.3 is 10.7 Å². The van der Waals surface area contributed by atoms with Gasteiger partial charge in [0, 0.05) is 18.4 Å². The van der Waals surface area contributed by atoms with Crippen molar-refractivity contribution >= 4 is 0 Å². The summed E-state index contributed by atoms with van der Waals surface area (Å²) >= 11 is 0. The van der Waals surface area contributed by atoms with E-state index in [2.05, 4.69) is 0 Å². The molecule has 0 spiro atoms. The van der Waals surface area contributed by atoms with E-state index in [0.717, 1.165) is 36.1 Å². The molecule has 0 aliphatic heterocycles. The van der Waals surface area contributed by atoms with Gasteiger partial charge in [-0.25, -0.2) is 5.84 Å². The first-order valence-corrected chi connectivity index (χ1v) is 5.14. The first-order chi connectivity index (χ1) is 6.18. The maximum absolute atomic E-state index is 5.99. The van der Waals surface area contributed by atoms with Crippen LogP contribution < -0.4 is 11.6 Å². The molecular weight excluding hydrogens is 162 g/mol. The smallest absolute Gasteiger partial charge is 0.0475 e. The fraction of sp³-hybridized carbons (Fsp3) is 0.800. The monoisotopic (exact) mass is 181 g/mol. The molecule has 0 aromatic carbocycles. The van der Waals surface area contributed by atoms with Crippen LogP contribution in [0.15, 0.2) is 11.4 Å². The average molecular weight is 181 g/mol. The van der Waals surface area contributed by atoms with Gasteiger partial charge >= 0.3 is 0 Å². The zero-order valence-electron chi connectivity index (χ0n) is 8.29. The second kappa shape index (κ2) is 3.22. The van der Waals surface area contributed by atoms with Crippen molar-refractivity contribution in [2.24, 2.45) is 23.4 Å². The van der Waals surface area contributed by atoms with Gasteiger partial charge in [0.05, 0.1) is 0 Å². The van der Waals surface area contributed by atoms with Gasteiger partial charge in [-0.2, -0.15) is 0 Å². The second-order valence-corrected chi connectivity index (χ2v) is 4.42. The van der Waals surface area contributed by atoms with Gasteiger partial charge in [-0.3, -0.25) is 0 Å². The minimum atomic E-state index is 0.975. The number of fused-ring (bicyclic) bond motifs is 1. The molecule has 0 aromatic rings.